The third-order valence-corrected chi connectivity index (χ3v) is 10.3. The lowest BCUT2D eigenvalue weighted by Gasteiger charge is -2.33. The molecule has 2 heterocycles. The standard InChI is InChI=1S/C37H45NO4/c1-22(2)29-20-30-34(37(41)38(36(30)40)28-13-9-6-10-14-28)31-21-42-32(33(29)31)16-15-27(26-11-7-5-8-12-26)19-25-17-23(3)35(39)24(4)18-25/h5,7-8,11-12,17-19,22,28,30-32,34,39H,6,9-10,13-16,20-21H2,1-4H3/b27-19-/t30-,31+,32-,34-/m1/s1. The monoisotopic (exact) mass is 567 g/mol. The zero-order valence-corrected chi connectivity index (χ0v) is 25.6. The summed E-state index contributed by atoms with van der Waals surface area (Å²) in [5.74, 6) is 0.307. The number of rotatable bonds is 7. The number of carbonyl (C=O) groups excluding carboxylic acids is 2. The van der Waals surface area contributed by atoms with Crippen LogP contribution >= 0.6 is 0 Å². The maximum Gasteiger partial charge on any atom is 0.234 e. The lowest BCUT2D eigenvalue weighted by atomic mass is 9.67. The van der Waals surface area contributed by atoms with Crippen molar-refractivity contribution in [3.05, 3.63) is 75.9 Å². The molecule has 2 aromatic rings. The van der Waals surface area contributed by atoms with Crippen molar-refractivity contribution >= 4 is 23.5 Å². The van der Waals surface area contributed by atoms with Crippen LogP contribution in [0.4, 0.5) is 0 Å². The van der Waals surface area contributed by atoms with Gasteiger partial charge in [-0.3, -0.25) is 14.5 Å². The SMILES string of the molecule is Cc1cc(/C=C(/CC[C@H]2OC[C@H]3C2=C(C(C)C)C[C@H]2C(=O)N(C4CCCCC4)C(=O)[C@H]23)c2ccccc2)cc(C)c1O. The number of allylic oxidation sites excluding steroid dienone is 2. The number of fused-ring (bicyclic) bond motifs is 3. The molecule has 2 aliphatic heterocycles. The number of hydrogen-bond acceptors (Lipinski definition) is 4. The van der Waals surface area contributed by atoms with Gasteiger partial charge >= 0.3 is 0 Å². The smallest absolute Gasteiger partial charge is 0.234 e. The molecule has 6 rings (SSSR count). The van der Waals surface area contributed by atoms with E-state index in [4.69, 9.17) is 4.74 Å². The molecule has 2 aromatic carbocycles. The Morgan fingerprint density at radius 2 is 1.69 bits per heavy atom. The van der Waals surface area contributed by atoms with Gasteiger partial charge in [0.25, 0.3) is 0 Å². The van der Waals surface area contributed by atoms with Crippen LogP contribution in [-0.2, 0) is 14.3 Å². The summed E-state index contributed by atoms with van der Waals surface area (Å²) in [5.41, 5.74) is 7.87. The van der Waals surface area contributed by atoms with Crippen molar-refractivity contribution in [2.45, 2.75) is 91.2 Å². The van der Waals surface area contributed by atoms with Gasteiger partial charge in [0.05, 0.1) is 24.5 Å². The second-order valence-corrected chi connectivity index (χ2v) is 13.3. The van der Waals surface area contributed by atoms with E-state index in [-0.39, 0.29) is 41.7 Å². The molecule has 0 unspecified atom stereocenters. The van der Waals surface area contributed by atoms with Crippen LogP contribution in [0.2, 0.25) is 0 Å². The van der Waals surface area contributed by atoms with E-state index in [0.29, 0.717) is 24.7 Å². The topological polar surface area (TPSA) is 66.8 Å². The first-order valence-electron chi connectivity index (χ1n) is 16.0. The van der Waals surface area contributed by atoms with E-state index in [9.17, 15) is 14.7 Å². The average molecular weight is 568 g/mol. The molecule has 3 fully saturated rings. The molecule has 0 bridgehead atoms. The first kappa shape index (κ1) is 28.9. The Bertz CT molecular complexity index is 1390. The van der Waals surface area contributed by atoms with E-state index < -0.39 is 0 Å². The second kappa shape index (κ2) is 11.8. The van der Waals surface area contributed by atoms with Crippen LogP contribution in [0.15, 0.2) is 53.6 Å². The molecule has 5 heteroatoms. The minimum atomic E-state index is -0.269. The Morgan fingerprint density at radius 3 is 2.36 bits per heavy atom. The van der Waals surface area contributed by atoms with Gasteiger partial charge in [-0.15, -0.1) is 0 Å². The molecule has 2 saturated heterocycles. The van der Waals surface area contributed by atoms with Crippen LogP contribution in [0, 0.1) is 37.5 Å². The molecule has 222 valence electrons. The highest BCUT2D eigenvalue weighted by molar-refractivity contribution is 6.06. The zero-order valence-electron chi connectivity index (χ0n) is 25.6. The highest BCUT2D eigenvalue weighted by atomic mass is 16.5. The number of aryl methyl sites for hydroxylation is 2. The summed E-state index contributed by atoms with van der Waals surface area (Å²) in [6, 6.07) is 14.6. The summed E-state index contributed by atoms with van der Waals surface area (Å²) >= 11 is 0. The highest BCUT2D eigenvalue weighted by Crippen LogP contribution is 2.52. The quantitative estimate of drug-likeness (QED) is 0.212. The van der Waals surface area contributed by atoms with Gasteiger partial charge < -0.3 is 9.84 Å². The fraction of sp³-hybridized carbons (Fsp3) is 0.514. The van der Waals surface area contributed by atoms with Gasteiger partial charge in [0.15, 0.2) is 0 Å². The largest absolute Gasteiger partial charge is 0.507 e. The van der Waals surface area contributed by atoms with Crippen molar-refractivity contribution in [2.24, 2.45) is 23.7 Å². The molecule has 5 nitrogen and oxygen atoms in total. The Kier molecular flexibility index (Phi) is 8.15. The Labute approximate surface area is 250 Å². The van der Waals surface area contributed by atoms with E-state index in [2.05, 4.69) is 44.2 Å². The summed E-state index contributed by atoms with van der Waals surface area (Å²) < 4.78 is 6.54. The maximum absolute atomic E-state index is 13.9. The van der Waals surface area contributed by atoms with E-state index in [1.165, 1.54) is 28.7 Å². The van der Waals surface area contributed by atoms with Crippen LogP contribution < -0.4 is 0 Å². The fourth-order valence-electron chi connectivity index (χ4n) is 8.19. The van der Waals surface area contributed by atoms with Gasteiger partial charge in [0, 0.05) is 12.0 Å². The van der Waals surface area contributed by atoms with Crippen LogP contribution in [-0.4, -0.2) is 40.6 Å². The zero-order chi connectivity index (χ0) is 29.5. The lowest BCUT2D eigenvalue weighted by Crippen LogP contribution is -2.42. The molecule has 4 atom stereocenters. The van der Waals surface area contributed by atoms with E-state index >= 15 is 0 Å². The molecular weight excluding hydrogens is 522 g/mol. The molecule has 1 N–H and O–H groups in total. The minimum absolute atomic E-state index is 0.00254. The number of imide groups is 1. The predicted molar refractivity (Wildman–Crippen MR) is 167 cm³/mol. The average Bonchev–Trinajstić information content (AvgIpc) is 3.52. The highest BCUT2D eigenvalue weighted by Gasteiger charge is 2.58. The van der Waals surface area contributed by atoms with Gasteiger partial charge in [-0.05, 0) is 97.4 Å². The molecule has 0 spiro atoms. The van der Waals surface area contributed by atoms with Crippen molar-refractivity contribution in [3.8, 4) is 5.75 Å². The molecule has 0 radical (unpaired) electrons. The lowest BCUT2D eigenvalue weighted by molar-refractivity contribution is -0.143. The van der Waals surface area contributed by atoms with Crippen LogP contribution in [0.5, 0.6) is 5.75 Å². The number of phenolic OH excluding ortho intramolecular Hbond substituents is 1. The first-order chi connectivity index (χ1) is 20.2. The van der Waals surface area contributed by atoms with Crippen molar-refractivity contribution < 1.29 is 19.4 Å². The van der Waals surface area contributed by atoms with E-state index in [0.717, 1.165) is 55.2 Å². The number of carbonyl (C=O) groups is 2. The third kappa shape index (κ3) is 5.25. The van der Waals surface area contributed by atoms with Crippen molar-refractivity contribution in [3.63, 3.8) is 0 Å². The van der Waals surface area contributed by atoms with E-state index in [1.807, 2.05) is 32.0 Å². The van der Waals surface area contributed by atoms with Gasteiger partial charge in [-0.2, -0.15) is 0 Å². The van der Waals surface area contributed by atoms with Crippen molar-refractivity contribution in [2.75, 3.05) is 6.61 Å². The Hall–Kier alpha value is -3.18. The predicted octanol–water partition coefficient (Wildman–Crippen LogP) is 7.64. The summed E-state index contributed by atoms with van der Waals surface area (Å²) in [7, 11) is 0. The number of amides is 2. The number of ether oxygens (including phenoxy) is 1. The van der Waals surface area contributed by atoms with Crippen molar-refractivity contribution in [1.82, 2.24) is 4.90 Å². The third-order valence-electron chi connectivity index (χ3n) is 10.3. The number of hydrogen-bond donors (Lipinski definition) is 1. The number of nitrogens with zero attached hydrogens (tertiary/aromatic N) is 1. The summed E-state index contributed by atoms with van der Waals surface area (Å²) in [5, 5.41) is 10.3. The molecule has 2 amide bonds. The van der Waals surface area contributed by atoms with Gasteiger partial charge in [0.1, 0.15) is 5.75 Å². The van der Waals surface area contributed by atoms with E-state index in [1.54, 1.807) is 4.90 Å². The molecule has 1 saturated carbocycles. The minimum Gasteiger partial charge on any atom is -0.507 e. The van der Waals surface area contributed by atoms with Gasteiger partial charge in [-0.25, -0.2) is 0 Å². The van der Waals surface area contributed by atoms with Crippen LogP contribution in [0.25, 0.3) is 11.6 Å². The summed E-state index contributed by atoms with van der Waals surface area (Å²) in [4.78, 5) is 29.3. The molecular formula is C37H45NO4. The van der Waals surface area contributed by atoms with Gasteiger partial charge in [-0.1, -0.05) is 75.1 Å². The number of benzene rings is 2. The molecule has 4 aliphatic rings. The molecule has 0 aromatic heterocycles. The number of phenols is 1. The summed E-state index contributed by atoms with van der Waals surface area (Å²) in [6.07, 6.45) is 9.84. The molecule has 2 aliphatic carbocycles. The van der Waals surface area contributed by atoms with Crippen LogP contribution in [0.3, 0.4) is 0 Å². The Balaban J connectivity index is 1.28. The summed E-state index contributed by atoms with van der Waals surface area (Å²) in [6.45, 7) is 8.85. The van der Waals surface area contributed by atoms with Crippen molar-refractivity contribution in [1.29, 1.82) is 0 Å². The van der Waals surface area contributed by atoms with Gasteiger partial charge in [0.2, 0.25) is 11.8 Å². The maximum atomic E-state index is 13.9. The Morgan fingerprint density at radius 1 is 1.00 bits per heavy atom. The molecule has 42 heavy (non-hydrogen) atoms. The van der Waals surface area contributed by atoms with Crippen LogP contribution in [0.1, 0.15) is 87.5 Å². The fourth-order valence-corrected chi connectivity index (χ4v) is 8.19. The number of likely N-dealkylation sites (tertiary alicyclic amines) is 1. The number of aromatic hydroxyl groups is 1. The first-order valence-corrected chi connectivity index (χ1v) is 16.0. The second-order valence-electron chi connectivity index (χ2n) is 13.3. The normalized spacial score (nSPS) is 26.8.